The molecule has 2 unspecified atom stereocenters. The first-order valence-corrected chi connectivity index (χ1v) is 6.62. The molecule has 0 aromatic carbocycles. The molecule has 2 heterocycles. The topological polar surface area (TPSA) is 42.2 Å². The molecule has 0 saturated carbocycles. The molecule has 1 aliphatic heterocycles. The fourth-order valence-corrected chi connectivity index (χ4v) is 2.69. The van der Waals surface area contributed by atoms with E-state index in [1.165, 1.54) is 12.8 Å². The maximum Gasteiger partial charge on any atom is 0.133 e. The van der Waals surface area contributed by atoms with Crippen molar-refractivity contribution in [3.63, 3.8) is 0 Å². The van der Waals surface area contributed by atoms with Gasteiger partial charge in [0, 0.05) is 30.9 Å². The van der Waals surface area contributed by atoms with Crippen LogP contribution < -0.4 is 5.73 Å². The Morgan fingerprint density at radius 1 is 1.59 bits per heavy atom. The number of pyridine rings is 1. The van der Waals surface area contributed by atoms with E-state index in [0.717, 1.165) is 31.1 Å². The molecule has 1 aliphatic rings. The second kappa shape index (κ2) is 5.80. The Morgan fingerprint density at radius 3 is 3.12 bits per heavy atom. The number of rotatable bonds is 3. The molecular formula is C13H20ClN3. The molecule has 17 heavy (non-hydrogen) atoms. The lowest BCUT2D eigenvalue weighted by Gasteiger charge is -2.38. The van der Waals surface area contributed by atoms with Crippen LogP contribution in [0.1, 0.15) is 25.3 Å². The van der Waals surface area contributed by atoms with Crippen LogP contribution in [0.15, 0.2) is 18.3 Å². The van der Waals surface area contributed by atoms with Crippen molar-refractivity contribution in [3.8, 4) is 0 Å². The first-order valence-electron chi connectivity index (χ1n) is 6.24. The lowest BCUT2D eigenvalue weighted by Crippen LogP contribution is -2.45. The van der Waals surface area contributed by atoms with E-state index in [1.54, 1.807) is 6.20 Å². The number of nitrogens with zero attached hydrogens (tertiary/aromatic N) is 2. The van der Waals surface area contributed by atoms with Gasteiger partial charge in [-0.05, 0) is 31.4 Å². The average molecular weight is 254 g/mol. The molecule has 0 spiro atoms. The summed E-state index contributed by atoms with van der Waals surface area (Å²) in [6, 6.07) is 4.46. The maximum atomic E-state index is 6.09. The van der Waals surface area contributed by atoms with Crippen LogP contribution in [0.3, 0.4) is 0 Å². The van der Waals surface area contributed by atoms with Gasteiger partial charge in [0.05, 0.1) is 0 Å². The van der Waals surface area contributed by atoms with Crippen LogP contribution in [0.4, 0.5) is 0 Å². The minimum atomic E-state index is 0.482. The highest BCUT2D eigenvalue weighted by molar-refractivity contribution is 6.30. The van der Waals surface area contributed by atoms with Gasteiger partial charge in [0.1, 0.15) is 5.15 Å². The number of aromatic nitrogens is 1. The Balaban J connectivity index is 2.05. The summed E-state index contributed by atoms with van der Waals surface area (Å²) < 4.78 is 0. The second-order valence-corrected chi connectivity index (χ2v) is 5.30. The molecule has 4 heteroatoms. The van der Waals surface area contributed by atoms with Crippen LogP contribution in [-0.2, 0) is 6.54 Å². The number of hydrogen-bond donors (Lipinski definition) is 1. The predicted octanol–water partition coefficient (Wildman–Crippen LogP) is 2.29. The normalized spacial score (nSPS) is 26.1. The number of hydrogen-bond acceptors (Lipinski definition) is 3. The molecule has 0 radical (unpaired) electrons. The summed E-state index contributed by atoms with van der Waals surface area (Å²) in [5, 5.41) is 0.613. The van der Waals surface area contributed by atoms with Gasteiger partial charge >= 0.3 is 0 Å². The second-order valence-electron chi connectivity index (χ2n) is 4.94. The van der Waals surface area contributed by atoms with E-state index in [-0.39, 0.29) is 0 Å². The lowest BCUT2D eigenvalue weighted by atomic mass is 9.92. The standard InChI is InChI=1S/C13H20ClN3/c1-10-4-6-17(12(7-10)8-15)9-11-3-2-5-16-13(11)14/h2-3,5,10,12H,4,6-9,15H2,1H3. The quantitative estimate of drug-likeness (QED) is 0.841. The Bertz CT molecular complexity index is 369. The fraction of sp³-hybridized carbons (Fsp3) is 0.615. The van der Waals surface area contributed by atoms with Gasteiger partial charge in [-0.3, -0.25) is 4.90 Å². The summed E-state index contributed by atoms with van der Waals surface area (Å²) in [5.74, 6) is 0.782. The van der Waals surface area contributed by atoms with E-state index >= 15 is 0 Å². The van der Waals surface area contributed by atoms with Crippen molar-refractivity contribution in [2.75, 3.05) is 13.1 Å². The highest BCUT2D eigenvalue weighted by Crippen LogP contribution is 2.24. The van der Waals surface area contributed by atoms with E-state index < -0.39 is 0 Å². The van der Waals surface area contributed by atoms with Gasteiger partial charge in [-0.25, -0.2) is 4.98 Å². The van der Waals surface area contributed by atoms with Crippen molar-refractivity contribution in [3.05, 3.63) is 29.0 Å². The molecule has 3 nitrogen and oxygen atoms in total. The van der Waals surface area contributed by atoms with Gasteiger partial charge in [-0.1, -0.05) is 24.6 Å². The molecular weight excluding hydrogens is 234 g/mol. The predicted molar refractivity (Wildman–Crippen MR) is 70.9 cm³/mol. The van der Waals surface area contributed by atoms with Gasteiger partial charge in [0.25, 0.3) is 0 Å². The average Bonchev–Trinajstić information content (AvgIpc) is 2.34. The van der Waals surface area contributed by atoms with Crippen molar-refractivity contribution in [2.24, 2.45) is 11.7 Å². The first kappa shape index (κ1) is 12.8. The number of likely N-dealkylation sites (tertiary alicyclic amines) is 1. The van der Waals surface area contributed by atoms with Crippen LogP contribution in [0.5, 0.6) is 0 Å². The van der Waals surface area contributed by atoms with E-state index in [1.807, 2.05) is 12.1 Å². The third kappa shape index (κ3) is 3.18. The van der Waals surface area contributed by atoms with Crippen molar-refractivity contribution in [1.29, 1.82) is 0 Å². The van der Waals surface area contributed by atoms with Gasteiger partial charge in [0.15, 0.2) is 0 Å². The summed E-state index contributed by atoms with van der Waals surface area (Å²) in [6.45, 7) is 4.99. The van der Waals surface area contributed by atoms with Gasteiger partial charge in [-0.15, -0.1) is 0 Å². The minimum absolute atomic E-state index is 0.482. The molecule has 2 rings (SSSR count). The number of halogens is 1. The van der Waals surface area contributed by atoms with Crippen molar-refractivity contribution in [1.82, 2.24) is 9.88 Å². The Labute approximate surface area is 108 Å². The van der Waals surface area contributed by atoms with Crippen LogP contribution in [-0.4, -0.2) is 29.0 Å². The molecule has 2 N–H and O–H groups in total. The molecule has 0 amide bonds. The van der Waals surface area contributed by atoms with E-state index in [2.05, 4.69) is 16.8 Å². The lowest BCUT2D eigenvalue weighted by molar-refractivity contribution is 0.115. The van der Waals surface area contributed by atoms with Crippen LogP contribution in [0.2, 0.25) is 5.15 Å². The zero-order valence-electron chi connectivity index (χ0n) is 10.3. The highest BCUT2D eigenvalue weighted by Gasteiger charge is 2.25. The smallest absolute Gasteiger partial charge is 0.133 e. The fourth-order valence-electron chi connectivity index (χ4n) is 2.51. The Kier molecular flexibility index (Phi) is 4.37. The van der Waals surface area contributed by atoms with Crippen molar-refractivity contribution in [2.45, 2.75) is 32.4 Å². The summed E-state index contributed by atoms with van der Waals surface area (Å²) in [5.41, 5.74) is 6.96. The summed E-state index contributed by atoms with van der Waals surface area (Å²) in [7, 11) is 0. The number of piperidine rings is 1. The summed E-state index contributed by atoms with van der Waals surface area (Å²) in [4.78, 5) is 6.55. The molecule has 0 aliphatic carbocycles. The maximum absolute atomic E-state index is 6.09. The van der Waals surface area contributed by atoms with Crippen LogP contribution in [0.25, 0.3) is 0 Å². The third-order valence-corrected chi connectivity index (χ3v) is 3.92. The van der Waals surface area contributed by atoms with E-state index in [9.17, 15) is 0 Å². The molecule has 1 aromatic heterocycles. The Hall–Kier alpha value is -0.640. The molecule has 0 bridgehead atoms. The monoisotopic (exact) mass is 253 g/mol. The van der Waals surface area contributed by atoms with Gasteiger partial charge < -0.3 is 5.73 Å². The van der Waals surface area contributed by atoms with Crippen LogP contribution >= 0.6 is 11.6 Å². The molecule has 1 aromatic rings. The summed E-state index contributed by atoms with van der Waals surface area (Å²) >= 11 is 6.09. The highest BCUT2D eigenvalue weighted by atomic mass is 35.5. The number of nitrogens with two attached hydrogens (primary N) is 1. The zero-order valence-corrected chi connectivity index (χ0v) is 11.0. The van der Waals surface area contributed by atoms with Gasteiger partial charge in [-0.2, -0.15) is 0 Å². The molecule has 1 saturated heterocycles. The Morgan fingerprint density at radius 2 is 2.41 bits per heavy atom. The van der Waals surface area contributed by atoms with Gasteiger partial charge in [0.2, 0.25) is 0 Å². The SMILES string of the molecule is CC1CCN(Cc2cccnc2Cl)C(CN)C1. The zero-order chi connectivity index (χ0) is 12.3. The largest absolute Gasteiger partial charge is 0.329 e. The molecule has 2 atom stereocenters. The van der Waals surface area contributed by atoms with Crippen molar-refractivity contribution < 1.29 is 0 Å². The molecule has 94 valence electrons. The minimum Gasteiger partial charge on any atom is -0.329 e. The summed E-state index contributed by atoms with van der Waals surface area (Å²) in [6.07, 6.45) is 4.16. The first-order chi connectivity index (χ1) is 8.20. The van der Waals surface area contributed by atoms with Crippen molar-refractivity contribution >= 4 is 11.6 Å². The van der Waals surface area contributed by atoms with Crippen LogP contribution in [0, 0.1) is 5.92 Å². The molecule has 1 fully saturated rings. The van der Waals surface area contributed by atoms with E-state index in [0.29, 0.717) is 11.2 Å². The van der Waals surface area contributed by atoms with E-state index in [4.69, 9.17) is 17.3 Å². The third-order valence-electron chi connectivity index (χ3n) is 3.58.